The highest BCUT2D eigenvalue weighted by molar-refractivity contribution is 5.69. The molecule has 0 amide bonds. The van der Waals surface area contributed by atoms with E-state index in [1.54, 1.807) is 0 Å². The molecule has 1 saturated heterocycles. The van der Waals surface area contributed by atoms with Crippen LogP contribution in [-0.4, -0.2) is 42.6 Å². The van der Waals surface area contributed by atoms with E-state index in [0.717, 1.165) is 13.1 Å². The molecule has 1 N–H and O–H groups in total. The van der Waals surface area contributed by atoms with Gasteiger partial charge in [0, 0.05) is 0 Å². The van der Waals surface area contributed by atoms with Gasteiger partial charge in [-0.3, -0.25) is 4.79 Å². The number of methoxy groups -OCH3 is 1. The number of rotatable bonds is 3. The molecule has 0 atom stereocenters. The predicted octanol–water partition coefficient (Wildman–Crippen LogP) is -0.231. The average molecular weight is 146 g/mol. The Hall–Kier alpha value is -0.610. The summed E-state index contributed by atoms with van der Waals surface area (Å²) < 4.78 is 4.46. The SMILES string of the molecule is COC(=O)CC[N+]1(O)CC1. The van der Waals surface area contributed by atoms with Crippen molar-refractivity contribution >= 4 is 5.97 Å². The Morgan fingerprint density at radius 3 is 2.70 bits per heavy atom. The van der Waals surface area contributed by atoms with Gasteiger partial charge in [-0.2, -0.15) is 4.65 Å². The van der Waals surface area contributed by atoms with Crippen LogP contribution in [0, 0.1) is 0 Å². The van der Waals surface area contributed by atoms with E-state index in [-0.39, 0.29) is 10.6 Å². The number of hydrogen-bond acceptors (Lipinski definition) is 3. The zero-order chi connectivity index (χ0) is 7.61. The molecule has 0 aromatic rings. The van der Waals surface area contributed by atoms with Crippen LogP contribution in [0.15, 0.2) is 0 Å². The van der Waals surface area contributed by atoms with Crippen LogP contribution in [0.3, 0.4) is 0 Å². The largest absolute Gasteiger partial charge is 0.469 e. The molecular weight excluding hydrogens is 134 g/mol. The zero-order valence-corrected chi connectivity index (χ0v) is 6.04. The first kappa shape index (κ1) is 7.50. The molecule has 58 valence electrons. The molecule has 0 bridgehead atoms. The smallest absolute Gasteiger partial charge is 0.311 e. The van der Waals surface area contributed by atoms with Crippen LogP contribution in [0.1, 0.15) is 6.42 Å². The number of hydroxylamine groups is 3. The first-order valence-electron chi connectivity index (χ1n) is 3.32. The molecule has 0 aromatic carbocycles. The maximum Gasteiger partial charge on any atom is 0.311 e. The van der Waals surface area contributed by atoms with Crippen molar-refractivity contribution in [1.29, 1.82) is 0 Å². The molecule has 4 nitrogen and oxygen atoms in total. The Labute approximate surface area is 59.6 Å². The lowest BCUT2D eigenvalue weighted by atomic mass is 10.4. The molecule has 0 saturated carbocycles. The van der Waals surface area contributed by atoms with Gasteiger partial charge in [0.1, 0.15) is 6.54 Å². The maximum atomic E-state index is 10.5. The third-order valence-corrected chi connectivity index (χ3v) is 1.70. The Morgan fingerprint density at radius 2 is 2.30 bits per heavy atom. The van der Waals surface area contributed by atoms with Crippen molar-refractivity contribution < 1.29 is 19.4 Å². The Bertz CT molecular complexity index is 142. The molecule has 0 radical (unpaired) electrons. The van der Waals surface area contributed by atoms with Gasteiger partial charge in [-0.05, 0) is 0 Å². The molecule has 0 unspecified atom stereocenters. The lowest BCUT2D eigenvalue weighted by molar-refractivity contribution is -0.998. The van der Waals surface area contributed by atoms with Gasteiger partial charge >= 0.3 is 5.97 Å². The third-order valence-electron chi connectivity index (χ3n) is 1.70. The first-order chi connectivity index (χ1) is 4.66. The minimum absolute atomic E-state index is 0.0507. The van der Waals surface area contributed by atoms with Gasteiger partial charge in [0.25, 0.3) is 0 Å². The van der Waals surface area contributed by atoms with E-state index in [1.807, 2.05) is 0 Å². The number of hydrogen-bond donors (Lipinski definition) is 1. The van der Waals surface area contributed by atoms with Crippen LogP contribution in [0.25, 0.3) is 0 Å². The van der Waals surface area contributed by atoms with Crippen LogP contribution < -0.4 is 0 Å². The molecule has 10 heavy (non-hydrogen) atoms. The van der Waals surface area contributed by atoms with Crippen molar-refractivity contribution in [3.63, 3.8) is 0 Å². The summed E-state index contributed by atoms with van der Waals surface area (Å²) in [5.74, 6) is -0.251. The molecule has 0 aromatic heterocycles. The van der Waals surface area contributed by atoms with Gasteiger partial charge in [0.2, 0.25) is 0 Å². The predicted molar refractivity (Wildman–Crippen MR) is 33.3 cm³/mol. The summed E-state index contributed by atoms with van der Waals surface area (Å²) in [6, 6.07) is 0. The van der Waals surface area contributed by atoms with Crippen LogP contribution in [0.4, 0.5) is 0 Å². The molecule has 0 aliphatic carbocycles. The van der Waals surface area contributed by atoms with Crippen LogP contribution in [-0.2, 0) is 9.53 Å². The fourth-order valence-electron chi connectivity index (χ4n) is 0.741. The summed E-state index contributed by atoms with van der Waals surface area (Å²) in [7, 11) is 1.35. The molecule has 1 heterocycles. The van der Waals surface area contributed by atoms with Crippen LogP contribution >= 0.6 is 0 Å². The summed E-state index contributed by atoms with van der Waals surface area (Å²) >= 11 is 0. The van der Waals surface area contributed by atoms with Crippen LogP contribution in [0.5, 0.6) is 0 Å². The number of carbonyl (C=O) groups is 1. The summed E-state index contributed by atoms with van der Waals surface area (Å²) in [6.07, 6.45) is 0.312. The van der Waals surface area contributed by atoms with Gasteiger partial charge in [0.05, 0.1) is 13.5 Å². The quantitative estimate of drug-likeness (QED) is 0.340. The number of quaternary nitrogens is 1. The van der Waals surface area contributed by atoms with Gasteiger partial charge in [-0.1, -0.05) is 0 Å². The first-order valence-corrected chi connectivity index (χ1v) is 3.32. The maximum absolute atomic E-state index is 10.5. The molecule has 1 aliphatic rings. The fourth-order valence-corrected chi connectivity index (χ4v) is 0.741. The molecule has 1 aliphatic heterocycles. The highest BCUT2D eigenvalue weighted by Crippen LogP contribution is 2.16. The van der Waals surface area contributed by atoms with E-state index < -0.39 is 0 Å². The van der Waals surface area contributed by atoms with Crippen molar-refractivity contribution in [1.82, 2.24) is 0 Å². The van der Waals surface area contributed by atoms with Gasteiger partial charge in [-0.15, -0.1) is 0 Å². The summed E-state index contributed by atoms with van der Waals surface area (Å²) in [5.41, 5.74) is 0. The number of nitrogens with zero attached hydrogens (tertiary/aromatic N) is 1. The van der Waals surface area contributed by atoms with Crippen molar-refractivity contribution in [2.75, 3.05) is 26.7 Å². The third kappa shape index (κ3) is 1.97. The van der Waals surface area contributed by atoms with Crippen molar-refractivity contribution in [2.24, 2.45) is 0 Å². The molecule has 1 fully saturated rings. The van der Waals surface area contributed by atoms with E-state index in [1.165, 1.54) is 7.11 Å². The van der Waals surface area contributed by atoms with Crippen molar-refractivity contribution in [3.8, 4) is 0 Å². The van der Waals surface area contributed by atoms with E-state index >= 15 is 0 Å². The van der Waals surface area contributed by atoms with E-state index in [0.29, 0.717) is 13.0 Å². The highest BCUT2D eigenvalue weighted by atomic mass is 16.6. The van der Waals surface area contributed by atoms with E-state index in [4.69, 9.17) is 0 Å². The van der Waals surface area contributed by atoms with Crippen LogP contribution in [0.2, 0.25) is 0 Å². The fraction of sp³-hybridized carbons (Fsp3) is 0.833. The minimum atomic E-state index is -0.251. The second-order valence-corrected chi connectivity index (χ2v) is 2.59. The topological polar surface area (TPSA) is 46.5 Å². The van der Waals surface area contributed by atoms with E-state index in [2.05, 4.69) is 4.74 Å². The zero-order valence-electron chi connectivity index (χ0n) is 6.04. The Kier molecular flexibility index (Phi) is 1.92. The summed E-state index contributed by atoms with van der Waals surface area (Å²) in [4.78, 5) is 10.5. The van der Waals surface area contributed by atoms with Gasteiger partial charge in [-0.25, -0.2) is 5.21 Å². The second kappa shape index (κ2) is 2.56. The minimum Gasteiger partial charge on any atom is -0.469 e. The van der Waals surface area contributed by atoms with Gasteiger partial charge in [0.15, 0.2) is 13.1 Å². The van der Waals surface area contributed by atoms with Crippen molar-refractivity contribution in [3.05, 3.63) is 0 Å². The monoisotopic (exact) mass is 146 g/mol. The second-order valence-electron chi connectivity index (χ2n) is 2.59. The highest BCUT2D eigenvalue weighted by Gasteiger charge is 2.41. The van der Waals surface area contributed by atoms with Crippen molar-refractivity contribution in [2.45, 2.75) is 6.42 Å². The number of esters is 1. The van der Waals surface area contributed by atoms with E-state index in [9.17, 15) is 10.0 Å². The lowest BCUT2D eigenvalue weighted by Crippen LogP contribution is -2.24. The van der Waals surface area contributed by atoms with Gasteiger partial charge < -0.3 is 4.74 Å². The lowest BCUT2D eigenvalue weighted by Gasteiger charge is -2.05. The molecule has 4 heteroatoms. The Balaban J connectivity index is 2.10. The average Bonchev–Trinajstić information content (AvgIpc) is 2.64. The standard InChI is InChI=1S/C6H12NO3/c1-10-6(8)2-3-7(9)4-5-7/h9H,2-5H2,1H3/q+1. The number of carbonyl (C=O) groups excluding carboxylic acids is 1. The molecule has 0 spiro atoms. The summed E-state index contributed by atoms with van der Waals surface area (Å²) in [5, 5.41) is 9.20. The molecule has 1 rings (SSSR count). The summed E-state index contributed by atoms with van der Waals surface area (Å²) in [6.45, 7) is 2.04. The molecular formula is C6H12NO3+. The normalized spacial score (nSPS) is 20.2. The Morgan fingerprint density at radius 1 is 1.70 bits per heavy atom. The number of ether oxygens (including phenoxy) is 1.